The molecule has 2 aromatic rings. The van der Waals surface area contributed by atoms with Gasteiger partial charge in [0.05, 0.1) is 17.7 Å². The molecule has 6 heteroatoms. The maximum absolute atomic E-state index is 11.6. The van der Waals surface area contributed by atoms with E-state index < -0.39 is 0 Å². The van der Waals surface area contributed by atoms with E-state index in [0.717, 1.165) is 5.56 Å². The SMILES string of the molecule is COC(CCOc1ccc(NC(=O)N(C)C)cc1Cl)c1ccccc1. The number of rotatable bonds is 7. The Hall–Kier alpha value is -2.24. The van der Waals surface area contributed by atoms with Crippen LogP contribution in [0.15, 0.2) is 48.5 Å². The van der Waals surface area contributed by atoms with Gasteiger partial charge in [-0.25, -0.2) is 4.79 Å². The molecular weight excluding hydrogens is 340 g/mol. The van der Waals surface area contributed by atoms with Gasteiger partial charge in [-0.05, 0) is 23.8 Å². The highest BCUT2D eigenvalue weighted by atomic mass is 35.5. The molecule has 2 aromatic carbocycles. The van der Waals surface area contributed by atoms with Gasteiger partial charge in [-0.2, -0.15) is 0 Å². The van der Waals surface area contributed by atoms with Crippen molar-refractivity contribution < 1.29 is 14.3 Å². The van der Waals surface area contributed by atoms with Gasteiger partial charge in [0, 0.05) is 33.3 Å². The topological polar surface area (TPSA) is 50.8 Å². The van der Waals surface area contributed by atoms with Gasteiger partial charge < -0.3 is 19.7 Å². The van der Waals surface area contributed by atoms with Crippen molar-refractivity contribution >= 4 is 23.3 Å². The van der Waals surface area contributed by atoms with E-state index in [9.17, 15) is 4.79 Å². The number of methoxy groups -OCH3 is 1. The molecule has 0 aromatic heterocycles. The van der Waals surface area contributed by atoms with Crippen molar-refractivity contribution in [1.29, 1.82) is 0 Å². The summed E-state index contributed by atoms with van der Waals surface area (Å²) in [6, 6.07) is 15.0. The molecule has 0 fully saturated rings. The summed E-state index contributed by atoms with van der Waals surface area (Å²) in [5, 5.41) is 3.19. The average molecular weight is 363 g/mol. The Morgan fingerprint density at radius 2 is 1.92 bits per heavy atom. The molecule has 1 atom stereocenters. The molecule has 0 saturated heterocycles. The second-order valence-electron chi connectivity index (χ2n) is 5.74. The Balaban J connectivity index is 1.91. The normalized spacial score (nSPS) is 11.7. The number of urea groups is 1. The van der Waals surface area contributed by atoms with Gasteiger partial charge in [0.25, 0.3) is 0 Å². The third kappa shape index (κ3) is 5.66. The molecule has 1 N–H and O–H groups in total. The minimum atomic E-state index is -0.212. The summed E-state index contributed by atoms with van der Waals surface area (Å²) < 4.78 is 11.3. The number of nitrogens with zero attached hydrogens (tertiary/aromatic N) is 1. The van der Waals surface area contributed by atoms with Crippen LogP contribution in [0.3, 0.4) is 0 Å². The Kier molecular flexibility index (Phi) is 7.10. The fourth-order valence-corrected chi connectivity index (χ4v) is 2.53. The molecule has 0 spiro atoms. The quantitative estimate of drug-likeness (QED) is 0.783. The molecule has 0 aliphatic rings. The zero-order valence-corrected chi connectivity index (χ0v) is 15.4. The molecule has 0 radical (unpaired) electrons. The number of carbonyl (C=O) groups is 1. The summed E-state index contributed by atoms with van der Waals surface area (Å²) in [4.78, 5) is 13.1. The number of amides is 2. The largest absolute Gasteiger partial charge is 0.492 e. The summed E-state index contributed by atoms with van der Waals surface area (Å²) in [5.41, 5.74) is 1.73. The van der Waals surface area contributed by atoms with Crippen LogP contribution < -0.4 is 10.1 Å². The van der Waals surface area contributed by atoms with Crippen LogP contribution in [-0.4, -0.2) is 38.7 Å². The number of hydrogen-bond donors (Lipinski definition) is 1. The number of ether oxygens (including phenoxy) is 2. The fourth-order valence-electron chi connectivity index (χ4n) is 2.30. The lowest BCUT2D eigenvalue weighted by Gasteiger charge is -2.17. The molecule has 134 valence electrons. The molecule has 0 bridgehead atoms. The molecule has 25 heavy (non-hydrogen) atoms. The van der Waals surface area contributed by atoms with Crippen LogP contribution in [0.1, 0.15) is 18.1 Å². The van der Waals surface area contributed by atoms with Gasteiger partial charge in [0.1, 0.15) is 5.75 Å². The summed E-state index contributed by atoms with van der Waals surface area (Å²) >= 11 is 6.24. The smallest absolute Gasteiger partial charge is 0.321 e. The Bertz CT molecular complexity index is 692. The first-order chi connectivity index (χ1) is 12.0. The van der Waals surface area contributed by atoms with Gasteiger partial charge in [0.15, 0.2) is 0 Å². The Morgan fingerprint density at radius 1 is 1.20 bits per heavy atom. The highest BCUT2D eigenvalue weighted by Gasteiger charge is 2.11. The molecule has 0 saturated carbocycles. The van der Waals surface area contributed by atoms with E-state index >= 15 is 0 Å². The van der Waals surface area contributed by atoms with E-state index in [4.69, 9.17) is 21.1 Å². The fraction of sp³-hybridized carbons (Fsp3) is 0.316. The Morgan fingerprint density at radius 3 is 2.52 bits per heavy atom. The van der Waals surface area contributed by atoms with Crippen LogP contribution in [0.25, 0.3) is 0 Å². The van der Waals surface area contributed by atoms with E-state index in [1.54, 1.807) is 39.4 Å². The van der Waals surface area contributed by atoms with Gasteiger partial charge in [0.2, 0.25) is 0 Å². The van der Waals surface area contributed by atoms with E-state index in [2.05, 4.69) is 5.32 Å². The molecule has 2 rings (SSSR count). The molecule has 1 unspecified atom stereocenters. The minimum Gasteiger partial charge on any atom is -0.492 e. The summed E-state index contributed by atoms with van der Waals surface area (Å²) in [6.07, 6.45) is 0.675. The predicted octanol–water partition coefficient (Wildman–Crippen LogP) is 4.59. The summed E-state index contributed by atoms with van der Waals surface area (Å²) in [7, 11) is 5.04. The first-order valence-electron chi connectivity index (χ1n) is 7.99. The van der Waals surface area contributed by atoms with Crippen molar-refractivity contribution in [2.75, 3.05) is 33.1 Å². The van der Waals surface area contributed by atoms with Crippen LogP contribution >= 0.6 is 11.6 Å². The van der Waals surface area contributed by atoms with Crippen LogP contribution in [0.2, 0.25) is 5.02 Å². The minimum absolute atomic E-state index is 0.0290. The Labute approximate surface area is 153 Å². The van der Waals surface area contributed by atoms with Crippen molar-refractivity contribution in [1.82, 2.24) is 4.90 Å². The zero-order chi connectivity index (χ0) is 18.2. The lowest BCUT2D eigenvalue weighted by molar-refractivity contribution is 0.0812. The number of hydrogen-bond acceptors (Lipinski definition) is 3. The lowest BCUT2D eigenvalue weighted by Crippen LogP contribution is -2.27. The monoisotopic (exact) mass is 362 g/mol. The summed E-state index contributed by atoms with van der Waals surface area (Å²) in [5.74, 6) is 0.576. The molecule has 0 heterocycles. The van der Waals surface area contributed by atoms with Crippen LogP contribution in [0.5, 0.6) is 5.75 Å². The van der Waals surface area contributed by atoms with E-state index in [0.29, 0.717) is 29.5 Å². The lowest BCUT2D eigenvalue weighted by atomic mass is 10.1. The second kappa shape index (κ2) is 9.30. The number of halogens is 1. The van der Waals surface area contributed by atoms with E-state index in [1.807, 2.05) is 30.3 Å². The number of anilines is 1. The van der Waals surface area contributed by atoms with E-state index in [-0.39, 0.29) is 12.1 Å². The molecule has 5 nitrogen and oxygen atoms in total. The molecule has 0 aliphatic carbocycles. The second-order valence-corrected chi connectivity index (χ2v) is 6.15. The van der Waals surface area contributed by atoms with Crippen molar-refractivity contribution in [3.8, 4) is 5.75 Å². The van der Waals surface area contributed by atoms with Gasteiger partial charge in [-0.1, -0.05) is 41.9 Å². The summed E-state index contributed by atoms with van der Waals surface area (Å²) in [6.45, 7) is 0.469. The molecule has 0 aliphatic heterocycles. The van der Waals surface area contributed by atoms with Crippen molar-refractivity contribution in [2.45, 2.75) is 12.5 Å². The van der Waals surface area contributed by atoms with Gasteiger partial charge >= 0.3 is 6.03 Å². The van der Waals surface area contributed by atoms with E-state index in [1.165, 1.54) is 4.90 Å². The van der Waals surface area contributed by atoms with Gasteiger partial charge in [-0.15, -0.1) is 0 Å². The van der Waals surface area contributed by atoms with Crippen LogP contribution in [-0.2, 0) is 4.74 Å². The highest BCUT2D eigenvalue weighted by molar-refractivity contribution is 6.32. The highest BCUT2D eigenvalue weighted by Crippen LogP contribution is 2.29. The standard InChI is InChI=1S/C19H23ClN2O3/c1-22(2)19(23)21-15-9-10-18(16(20)13-15)25-12-11-17(24-3)14-7-5-4-6-8-14/h4-10,13,17H,11-12H2,1-3H3,(H,21,23). The first kappa shape index (κ1) is 19.1. The average Bonchev–Trinajstić information content (AvgIpc) is 2.61. The first-order valence-corrected chi connectivity index (χ1v) is 8.37. The zero-order valence-electron chi connectivity index (χ0n) is 14.7. The number of carbonyl (C=O) groups excluding carboxylic acids is 1. The number of nitrogens with one attached hydrogen (secondary N) is 1. The third-order valence-corrected chi connectivity index (χ3v) is 3.98. The predicted molar refractivity (Wildman–Crippen MR) is 100 cm³/mol. The molecule has 2 amide bonds. The molecular formula is C19H23ClN2O3. The van der Waals surface area contributed by atoms with Crippen molar-refractivity contribution in [3.05, 3.63) is 59.1 Å². The maximum atomic E-state index is 11.6. The third-order valence-electron chi connectivity index (χ3n) is 3.68. The number of benzene rings is 2. The van der Waals surface area contributed by atoms with Crippen LogP contribution in [0.4, 0.5) is 10.5 Å². The van der Waals surface area contributed by atoms with Crippen LogP contribution in [0, 0.1) is 0 Å². The van der Waals surface area contributed by atoms with Crippen molar-refractivity contribution in [3.63, 3.8) is 0 Å². The van der Waals surface area contributed by atoms with Crippen molar-refractivity contribution in [2.24, 2.45) is 0 Å². The van der Waals surface area contributed by atoms with Gasteiger partial charge in [-0.3, -0.25) is 0 Å². The maximum Gasteiger partial charge on any atom is 0.321 e.